The van der Waals surface area contributed by atoms with E-state index in [1.807, 2.05) is 0 Å². The summed E-state index contributed by atoms with van der Waals surface area (Å²) in [6, 6.07) is 2.64. The van der Waals surface area contributed by atoms with Crippen LogP contribution in [0, 0.1) is 11.3 Å². The molecule has 56 valence electrons. The van der Waals surface area contributed by atoms with E-state index in [1.54, 1.807) is 0 Å². The summed E-state index contributed by atoms with van der Waals surface area (Å²) in [6.07, 6.45) is 1.71. The van der Waals surface area contributed by atoms with Crippen molar-refractivity contribution >= 4 is 12.6 Å². The molecule has 1 aliphatic rings. The normalized spacial score (nSPS) is 34.1. The van der Waals surface area contributed by atoms with Crippen molar-refractivity contribution < 1.29 is 0 Å². The Morgan fingerprint density at radius 2 is 2.50 bits per heavy atom. The second kappa shape index (κ2) is 3.27. The summed E-state index contributed by atoms with van der Waals surface area (Å²) < 4.78 is 0. The third-order valence-electron chi connectivity index (χ3n) is 1.99. The zero-order valence-electron chi connectivity index (χ0n) is 6.12. The van der Waals surface area contributed by atoms with Gasteiger partial charge in [0.25, 0.3) is 0 Å². The van der Waals surface area contributed by atoms with Crippen molar-refractivity contribution in [2.75, 3.05) is 13.6 Å². The first-order valence-electron chi connectivity index (χ1n) is 3.49. The number of nitriles is 1. The molecule has 0 radical (unpaired) electrons. The third-order valence-corrected chi connectivity index (χ3v) is 2.37. The molecule has 0 unspecified atom stereocenters. The molecule has 0 bridgehead atoms. The molecule has 0 aromatic heterocycles. The predicted octanol–water partition coefficient (Wildman–Crippen LogP) is 0.903. The van der Waals surface area contributed by atoms with E-state index in [-0.39, 0.29) is 0 Å². The van der Waals surface area contributed by atoms with Gasteiger partial charge in [0.1, 0.15) is 0 Å². The van der Waals surface area contributed by atoms with Crippen molar-refractivity contribution in [3.05, 3.63) is 0 Å². The average Bonchev–Trinajstić information content (AvgIpc) is 2.13. The Labute approximate surface area is 67.2 Å². The molecule has 0 aromatic rings. The van der Waals surface area contributed by atoms with Gasteiger partial charge in [-0.2, -0.15) is 17.9 Å². The molecule has 1 heterocycles. The van der Waals surface area contributed by atoms with Gasteiger partial charge in [0.15, 0.2) is 0 Å². The van der Waals surface area contributed by atoms with Crippen LogP contribution < -0.4 is 0 Å². The molecule has 0 amide bonds. The van der Waals surface area contributed by atoms with E-state index in [4.69, 9.17) is 5.26 Å². The second-order valence-corrected chi connectivity index (χ2v) is 3.58. The Balaban J connectivity index is 2.40. The maximum atomic E-state index is 8.43. The monoisotopic (exact) mass is 156 g/mol. The summed E-state index contributed by atoms with van der Waals surface area (Å²) >= 11 is 4.35. The standard InChI is InChI=1S/C7H12N2S/c1-9-5-7(10)4-6(9)2-3-8/h6-7,10H,2,4-5H2,1H3/t6-,7+/m1/s1. The molecule has 0 aromatic carbocycles. The van der Waals surface area contributed by atoms with Gasteiger partial charge >= 0.3 is 0 Å². The van der Waals surface area contributed by atoms with Gasteiger partial charge in [0.2, 0.25) is 0 Å². The quantitative estimate of drug-likeness (QED) is 0.571. The van der Waals surface area contributed by atoms with Gasteiger partial charge in [-0.05, 0) is 13.5 Å². The molecule has 10 heavy (non-hydrogen) atoms. The third kappa shape index (κ3) is 1.65. The number of rotatable bonds is 1. The van der Waals surface area contributed by atoms with Crippen LogP contribution in [-0.2, 0) is 0 Å². The summed E-state index contributed by atoms with van der Waals surface area (Å²) in [4.78, 5) is 2.21. The highest BCUT2D eigenvalue weighted by molar-refractivity contribution is 7.81. The van der Waals surface area contributed by atoms with Crippen LogP contribution in [0.2, 0.25) is 0 Å². The zero-order valence-corrected chi connectivity index (χ0v) is 7.01. The predicted molar refractivity (Wildman–Crippen MR) is 44.0 cm³/mol. The Bertz CT molecular complexity index is 152. The molecule has 2 nitrogen and oxygen atoms in total. The lowest BCUT2D eigenvalue weighted by Crippen LogP contribution is -2.24. The Hall–Kier alpha value is -0.200. The first-order chi connectivity index (χ1) is 4.74. The average molecular weight is 156 g/mol. The van der Waals surface area contributed by atoms with E-state index in [0.717, 1.165) is 13.0 Å². The molecule has 0 spiro atoms. The van der Waals surface area contributed by atoms with Crippen LogP contribution in [0.15, 0.2) is 0 Å². The fourth-order valence-corrected chi connectivity index (χ4v) is 1.90. The summed E-state index contributed by atoms with van der Waals surface area (Å²) in [6.45, 7) is 1.02. The van der Waals surface area contributed by atoms with Gasteiger partial charge in [-0.15, -0.1) is 0 Å². The molecule has 0 N–H and O–H groups in total. The fourth-order valence-electron chi connectivity index (χ4n) is 1.39. The van der Waals surface area contributed by atoms with Crippen molar-refractivity contribution in [1.29, 1.82) is 5.26 Å². The minimum Gasteiger partial charge on any atom is -0.301 e. The number of hydrogen-bond acceptors (Lipinski definition) is 3. The largest absolute Gasteiger partial charge is 0.301 e. The Morgan fingerprint density at radius 1 is 1.80 bits per heavy atom. The van der Waals surface area contributed by atoms with E-state index < -0.39 is 0 Å². The number of nitrogens with zero attached hydrogens (tertiary/aromatic N) is 2. The van der Waals surface area contributed by atoms with E-state index >= 15 is 0 Å². The van der Waals surface area contributed by atoms with Crippen LogP contribution in [-0.4, -0.2) is 29.8 Å². The SMILES string of the molecule is CN1C[C@@H](S)C[C@H]1CC#N. The van der Waals surface area contributed by atoms with Gasteiger partial charge in [-0.1, -0.05) is 0 Å². The van der Waals surface area contributed by atoms with Crippen molar-refractivity contribution in [3.63, 3.8) is 0 Å². The van der Waals surface area contributed by atoms with Crippen LogP contribution >= 0.6 is 12.6 Å². The van der Waals surface area contributed by atoms with Crippen LogP contribution in [0.1, 0.15) is 12.8 Å². The highest BCUT2D eigenvalue weighted by Gasteiger charge is 2.26. The molecule has 2 atom stereocenters. The topological polar surface area (TPSA) is 27.0 Å². The number of hydrogen-bond donors (Lipinski definition) is 1. The maximum Gasteiger partial charge on any atom is 0.0638 e. The summed E-state index contributed by atoms with van der Waals surface area (Å²) in [5, 5.41) is 8.90. The maximum absolute atomic E-state index is 8.43. The van der Waals surface area contributed by atoms with Gasteiger partial charge in [0.05, 0.1) is 12.5 Å². The second-order valence-electron chi connectivity index (χ2n) is 2.85. The summed E-state index contributed by atoms with van der Waals surface area (Å²) in [5.41, 5.74) is 0. The highest BCUT2D eigenvalue weighted by Crippen LogP contribution is 2.21. The van der Waals surface area contributed by atoms with Gasteiger partial charge in [0, 0.05) is 17.8 Å². The first-order valence-corrected chi connectivity index (χ1v) is 4.01. The van der Waals surface area contributed by atoms with E-state index in [2.05, 4.69) is 30.6 Å². The minimum absolute atomic E-state index is 0.451. The van der Waals surface area contributed by atoms with Crippen LogP contribution in [0.25, 0.3) is 0 Å². The van der Waals surface area contributed by atoms with Crippen LogP contribution in [0.4, 0.5) is 0 Å². The first kappa shape index (κ1) is 7.90. The van der Waals surface area contributed by atoms with E-state index in [9.17, 15) is 0 Å². The molecule has 1 rings (SSSR count). The van der Waals surface area contributed by atoms with Crippen LogP contribution in [0.5, 0.6) is 0 Å². The molecule has 3 heteroatoms. The fraction of sp³-hybridized carbons (Fsp3) is 0.857. The Morgan fingerprint density at radius 3 is 2.90 bits per heavy atom. The summed E-state index contributed by atoms with van der Waals surface area (Å²) in [7, 11) is 2.05. The van der Waals surface area contributed by atoms with Gasteiger partial charge in [-0.3, -0.25) is 0 Å². The molecular weight excluding hydrogens is 144 g/mol. The molecule has 1 fully saturated rings. The van der Waals surface area contributed by atoms with Crippen molar-refractivity contribution in [2.24, 2.45) is 0 Å². The molecular formula is C7H12N2S. The van der Waals surface area contributed by atoms with Crippen molar-refractivity contribution in [3.8, 4) is 6.07 Å². The molecule has 1 aliphatic heterocycles. The van der Waals surface area contributed by atoms with Gasteiger partial charge < -0.3 is 4.90 Å². The van der Waals surface area contributed by atoms with E-state index in [0.29, 0.717) is 17.7 Å². The smallest absolute Gasteiger partial charge is 0.0638 e. The van der Waals surface area contributed by atoms with Crippen LogP contribution in [0.3, 0.4) is 0 Å². The van der Waals surface area contributed by atoms with E-state index in [1.165, 1.54) is 0 Å². The molecule has 0 aliphatic carbocycles. The lowest BCUT2D eigenvalue weighted by Gasteiger charge is -2.14. The summed E-state index contributed by atoms with van der Waals surface area (Å²) in [5.74, 6) is 0. The van der Waals surface area contributed by atoms with Crippen molar-refractivity contribution in [2.45, 2.75) is 24.1 Å². The van der Waals surface area contributed by atoms with Crippen molar-refractivity contribution in [1.82, 2.24) is 4.90 Å². The lowest BCUT2D eigenvalue weighted by atomic mass is 10.2. The lowest BCUT2D eigenvalue weighted by molar-refractivity contribution is 0.315. The number of thiol groups is 1. The minimum atomic E-state index is 0.451. The zero-order chi connectivity index (χ0) is 7.56. The molecule has 0 saturated carbocycles. The Kier molecular flexibility index (Phi) is 2.58. The number of likely N-dealkylation sites (tertiary alicyclic amines) is 1. The van der Waals surface area contributed by atoms with Gasteiger partial charge in [-0.25, -0.2) is 0 Å². The molecule has 1 saturated heterocycles. The highest BCUT2D eigenvalue weighted by atomic mass is 32.1.